The smallest absolute Gasteiger partial charge is 0.164 e. The number of aryl methyl sites for hydroxylation is 2. The molecule has 0 saturated carbocycles. The van der Waals surface area contributed by atoms with Crippen LogP contribution in [0.4, 0.5) is 0 Å². The summed E-state index contributed by atoms with van der Waals surface area (Å²) in [6.07, 6.45) is 2.89. The molecule has 0 saturated heterocycles. The van der Waals surface area contributed by atoms with Gasteiger partial charge in [0.2, 0.25) is 0 Å². The third-order valence-corrected chi connectivity index (χ3v) is 3.80. The van der Waals surface area contributed by atoms with Crippen LogP contribution < -0.4 is 0 Å². The van der Waals surface area contributed by atoms with Crippen LogP contribution in [0.15, 0.2) is 18.2 Å². The SMILES string of the molecule is CCC(CC)N(C)CCC(=O)c1cc(C)cc(C)c1. The van der Waals surface area contributed by atoms with E-state index in [1.165, 1.54) is 0 Å². The Balaban J connectivity index is 2.60. The molecule has 0 radical (unpaired) electrons. The van der Waals surface area contributed by atoms with Crippen molar-refractivity contribution in [2.75, 3.05) is 13.6 Å². The van der Waals surface area contributed by atoms with E-state index in [0.29, 0.717) is 12.5 Å². The second-order valence-corrected chi connectivity index (χ2v) is 5.50. The van der Waals surface area contributed by atoms with Gasteiger partial charge in [-0.3, -0.25) is 4.79 Å². The van der Waals surface area contributed by atoms with Crippen molar-refractivity contribution in [2.24, 2.45) is 0 Å². The van der Waals surface area contributed by atoms with Gasteiger partial charge in [0, 0.05) is 24.6 Å². The zero-order chi connectivity index (χ0) is 14.4. The zero-order valence-electron chi connectivity index (χ0n) is 13.0. The number of nitrogens with zero attached hydrogens (tertiary/aromatic N) is 1. The first-order valence-corrected chi connectivity index (χ1v) is 7.29. The zero-order valence-corrected chi connectivity index (χ0v) is 13.0. The first kappa shape index (κ1) is 15.9. The van der Waals surface area contributed by atoms with Gasteiger partial charge in [-0.15, -0.1) is 0 Å². The van der Waals surface area contributed by atoms with E-state index in [9.17, 15) is 4.79 Å². The fourth-order valence-corrected chi connectivity index (χ4v) is 2.65. The lowest BCUT2D eigenvalue weighted by atomic mass is 10.0. The minimum atomic E-state index is 0.254. The van der Waals surface area contributed by atoms with Gasteiger partial charge in [-0.05, 0) is 45.9 Å². The van der Waals surface area contributed by atoms with Crippen molar-refractivity contribution in [3.63, 3.8) is 0 Å². The second kappa shape index (κ2) is 7.44. The summed E-state index contributed by atoms with van der Waals surface area (Å²) in [6, 6.07) is 6.68. The van der Waals surface area contributed by atoms with E-state index in [0.717, 1.165) is 36.1 Å². The lowest BCUT2D eigenvalue weighted by molar-refractivity contribution is 0.0958. The highest BCUT2D eigenvalue weighted by atomic mass is 16.1. The van der Waals surface area contributed by atoms with E-state index in [1.54, 1.807) is 0 Å². The molecule has 0 heterocycles. The summed E-state index contributed by atoms with van der Waals surface area (Å²) in [4.78, 5) is 14.5. The summed E-state index contributed by atoms with van der Waals surface area (Å²) in [5, 5.41) is 0. The number of hydrogen-bond acceptors (Lipinski definition) is 2. The number of rotatable bonds is 7. The van der Waals surface area contributed by atoms with Gasteiger partial charge in [0.05, 0.1) is 0 Å². The van der Waals surface area contributed by atoms with Crippen molar-refractivity contribution in [3.8, 4) is 0 Å². The van der Waals surface area contributed by atoms with Crippen LogP contribution in [0.2, 0.25) is 0 Å². The third-order valence-electron chi connectivity index (χ3n) is 3.80. The van der Waals surface area contributed by atoms with Crippen LogP contribution >= 0.6 is 0 Å². The Kier molecular flexibility index (Phi) is 6.23. The number of carbonyl (C=O) groups excluding carboxylic acids is 1. The quantitative estimate of drug-likeness (QED) is 0.692. The largest absolute Gasteiger partial charge is 0.303 e. The van der Waals surface area contributed by atoms with Gasteiger partial charge in [0.25, 0.3) is 0 Å². The summed E-state index contributed by atoms with van der Waals surface area (Å²) in [5.74, 6) is 0.254. The number of benzene rings is 1. The standard InChI is InChI=1S/C17H27NO/c1-6-16(7-2)18(5)9-8-17(19)15-11-13(3)10-14(4)12-15/h10-12,16H,6-9H2,1-5H3. The molecule has 0 amide bonds. The highest BCUT2D eigenvalue weighted by Crippen LogP contribution is 2.12. The van der Waals surface area contributed by atoms with Crippen molar-refractivity contribution in [2.45, 2.75) is 53.0 Å². The van der Waals surface area contributed by atoms with Crippen molar-refractivity contribution in [3.05, 3.63) is 34.9 Å². The topological polar surface area (TPSA) is 20.3 Å². The predicted molar refractivity (Wildman–Crippen MR) is 81.9 cm³/mol. The average molecular weight is 261 g/mol. The normalized spacial score (nSPS) is 11.3. The van der Waals surface area contributed by atoms with Crippen LogP contribution in [0.5, 0.6) is 0 Å². The van der Waals surface area contributed by atoms with E-state index >= 15 is 0 Å². The lowest BCUT2D eigenvalue weighted by Crippen LogP contribution is -2.32. The second-order valence-electron chi connectivity index (χ2n) is 5.50. The van der Waals surface area contributed by atoms with Crippen molar-refractivity contribution >= 4 is 5.78 Å². The fourth-order valence-electron chi connectivity index (χ4n) is 2.65. The van der Waals surface area contributed by atoms with Gasteiger partial charge in [-0.2, -0.15) is 0 Å². The molecule has 0 aromatic heterocycles. The van der Waals surface area contributed by atoms with E-state index in [4.69, 9.17) is 0 Å². The molecule has 0 N–H and O–H groups in total. The lowest BCUT2D eigenvalue weighted by Gasteiger charge is -2.25. The van der Waals surface area contributed by atoms with Crippen LogP contribution in [0.25, 0.3) is 0 Å². The molecule has 0 fully saturated rings. The summed E-state index contributed by atoms with van der Waals surface area (Å²) >= 11 is 0. The first-order valence-electron chi connectivity index (χ1n) is 7.29. The molecule has 1 aromatic carbocycles. The molecule has 0 aliphatic rings. The van der Waals surface area contributed by atoms with E-state index < -0.39 is 0 Å². The minimum Gasteiger partial charge on any atom is -0.303 e. The molecule has 0 spiro atoms. The Bertz CT molecular complexity index is 401. The maximum Gasteiger partial charge on any atom is 0.164 e. The maximum atomic E-state index is 12.2. The Labute approximate surface area is 117 Å². The van der Waals surface area contributed by atoms with Crippen molar-refractivity contribution in [1.82, 2.24) is 4.90 Å². The number of carbonyl (C=O) groups is 1. The van der Waals surface area contributed by atoms with Crippen molar-refractivity contribution in [1.29, 1.82) is 0 Å². The monoisotopic (exact) mass is 261 g/mol. The van der Waals surface area contributed by atoms with Crippen LogP contribution in [-0.2, 0) is 0 Å². The highest BCUT2D eigenvalue weighted by Gasteiger charge is 2.13. The number of ketones is 1. The van der Waals surface area contributed by atoms with Gasteiger partial charge in [-0.1, -0.05) is 31.0 Å². The van der Waals surface area contributed by atoms with Gasteiger partial charge < -0.3 is 4.90 Å². The summed E-state index contributed by atoms with van der Waals surface area (Å²) in [5.41, 5.74) is 3.18. The Hall–Kier alpha value is -1.15. The summed E-state index contributed by atoms with van der Waals surface area (Å²) < 4.78 is 0. The maximum absolute atomic E-state index is 12.2. The molecule has 1 aromatic rings. The van der Waals surface area contributed by atoms with Gasteiger partial charge in [-0.25, -0.2) is 0 Å². The molecule has 0 bridgehead atoms. The molecule has 0 aliphatic carbocycles. The van der Waals surface area contributed by atoms with Gasteiger partial charge in [0.15, 0.2) is 5.78 Å². The van der Waals surface area contributed by atoms with Gasteiger partial charge in [0.1, 0.15) is 0 Å². The van der Waals surface area contributed by atoms with Crippen LogP contribution in [0, 0.1) is 13.8 Å². The molecule has 0 unspecified atom stereocenters. The summed E-state index contributed by atoms with van der Waals surface area (Å²) in [6.45, 7) is 9.34. The molecule has 0 atom stereocenters. The molecule has 19 heavy (non-hydrogen) atoms. The van der Waals surface area contributed by atoms with E-state index in [1.807, 2.05) is 26.0 Å². The molecular weight excluding hydrogens is 234 g/mol. The molecule has 1 rings (SSSR count). The predicted octanol–water partition coefficient (Wildman–Crippen LogP) is 4.00. The Morgan fingerprint density at radius 3 is 2.11 bits per heavy atom. The van der Waals surface area contributed by atoms with Crippen LogP contribution in [0.3, 0.4) is 0 Å². The average Bonchev–Trinajstić information content (AvgIpc) is 2.36. The molecule has 106 valence electrons. The summed E-state index contributed by atoms with van der Waals surface area (Å²) in [7, 11) is 2.12. The number of hydrogen-bond donors (Lipinski definition) is 0. The Morgan fingerprint density at radius 2 is 1.63 bits per heavy atom. The van der Waals surface area contributed by atoms with E-state index in [-0.39, 0.29) is 5.78 Å². The fraction of sp³-hybridized carbons (Fsp3) is 0.588. The molecule has 0 aliphatic heterocycles. The first-order chi connectivity index (χ1) is 8.97. The van der Waals surface area contributed by atoms with Crippen LogP contribution in [-0.4, -0.2) is 30.3 Å². The third kappa shape index (κ3) is 4.79. The minimum absolute atomic E-state index is 0.254. The number of Topliss-reactive ketones (excluding diaryl/α,β-unsaturated/α-hetero) is 1. The van der Waals surface area contributed by atoms with Crippen molar-refractivity contribution < 1.29 is 4.79 Å². The van der Waals surface area contributed by atoms with Crippen LogP contribution in [0.1, 0.15) is 54.6 Å². The highest BCUT2D eigenvalue weighted by molar-refractivity contribution is 5.96. The molecular formula is C17H27NO. The Morgan fingerprint density at radius 1 is 1.11 bits per heavy atom. The van der Waals surface area contributed by atoms with Gasteiger partial charge >= 0.3 is 0 Å². The molecule has 2 nitrogen and oxygen atoms in total. The molecule has 2 heteroatoms. The van der Waals surface area contributed by atoms with E-state index in [2.05, 4.69) is 31.9 Å².